The van der Waals surface area contributed by atoms with E-state index in [1.165, 1.54) is 11.1 Å². The van der Waals surface area contributed by atoms with E-state index in [1.54, 1.807) is 10.9 Å². The molecule has 3 rings (SSSR count). The molecular formula is C16H17N3O. The molecule has 0 spiro atoms. The van der Waals surface area contributed by atoms with E-state index in [0.29, 0.717) is 5.82 Å². The van der Waals surface area contributed by atoms with E-state index < -0.39 is 0 Å². The zero-order valence-electron chi connectivity index (χ0n) is 11.8. The van der Waals surface area contributed by atoms with Gasteiger partial charge in [0.25, 0.3) is 0 Å². The maximum absolute atomic E-state index is 6.10. The van der Waals surface area contributed by atoms with Crippen molar-refractivity contribution in [2.45, 2.75) is 20.8 Å². The van der Waals surface area contributed by atoms with Crippen LogP contribution in [0.25, 0.3) is 16.9 Å². The average molecular weight is 267 g/mol. The van der Waals surface area contributed by atoms with Crippen LogP contribution in [0.1, 0.15) is 16.9 Å². The van der Waals surface area contributed by atoms with Crippen molar-refractivity contribution in [1.82, 2.24) is 9.78 Å². The van der Waals surface area contributed by atoms with Crippen LogP contribution in [0.15, 0.2) is 41.0 Å². The van der Waals surface area contributed by atoms with Crippen LogP contribution in [0.4, 0.5) is 5.82 Å². The van der Waals surface area contributed by atoms with Gasteiger partial charge in [-0.15, -0.1) is 0 Å². The second kappa shape index (κ2) is 4.56. The van der Waals surface area contributed by atoms with Crippen molar-refractivity contribution >= 4 is 5.82 Å². The minimum atomic E-state index is 0.616. The van der Waals surface area contributed by atoms with Gasteiger partial charge in [-0.1, -0.05) is 6.07 Å². The van der Waals surface area contributed by atoms with Crippen LogP contribution < -0.4 is 5.73 Å². The molecular weight excluding hydrogens is 250 g/mol. The summed E-state index contributed by atoms with van der Waals surface area (Å²) in [6.45, 7) is 6.05. The first-order valence-corrected chi connectivity index (χ1v) is 6.53. The summed E-state index contributed by atoms with van der Waals surface area (Å²) in [5, 5.41) is 4.60. The number of furan rings is 1. The largest absolute Gasteiger partial charge is 0.469 e. The number of aryl methyl sites for hydroxylation is 3. The summed E-state index contributed by atoms with van der Waals surface area (Å²) in [6.07, 6.45) is 1.66. The first-order valence-electron chi connectivity index (χ1n) is 6.53. The number of benzene rings is 1. The predicted octanol–water partition coefficient (Wildman–Crippen LogP) is 3.64. The van der Waals surface area contributed by atoms with E-state index in [9.17, 15) is 0 Å². The van der Waals surface area contributed by atoms with E-state index in [1.807, 2.05) is 19.1 Å². The van der Waals surface area contributed by atoms with E-state index in [4.69, 9.17) is 10.2 Å². The molecule has 0 aliphatic carbocycles. The molecule has 2 N–H and O–H groups in total. The second-order valence-electron chi connectivity index (χ2n) is 5.10. The summed E-state index contributed by atoms with van der Waals surface area (Å²) in [5.41, 5.74) is 11.3. The van der Waals surface area contributed by atoms with Gasteiger partial charge in [-0.3, -0.25) is 0 Å². The molecule has 0 aliphatic rings. The lowest BCUT2D eigenvalue weighted by molar-refractivity contribution is 0.535. The van der Waals surface area contributed by atoms with Gasteiger partial charge < -0.3 is 10.2 Å². The highest BCUT2D eigenvalue weighted by atomic mass is 16.3. The highest BCUT2D eigenvalue weighted by Gasteiger charge is 2.12. The van der Waals surface area contributed by atoms with Crippen molar-refractivity contribution in [3.05, 3.63) is 53.5 Å². The quantitative estimate of drug-likeness (QED) is 0.771. The van der Waals surface area contributed by atoms with E-state index in [2.05, 4.69) is 37.1 Å². The minimum absolute atomic E-state index is 0.616. The third kappa shape index (κ3) is 2.09. The Morgan fingerprint density at radius 1 is 1.05 bits per heavy atom. The molecule has 0 fully saturated rings. The van der Waals surface area contributed by atoms with Gasteiger partial charge in [0, 0.05) is 11.6 Å². The Bertz CT molecular complexity index is 748. The monoisotopic (exact) mass is 267 g/mol. The molecule has 3 aromatic rings. The fourth-order valence-electron chi connectivity index (χ4n) is 2.46. The first-order chi connectivity index (χ1) is 9.54. The topological polar surface area (TPSA) is 57.0 Å². The molecule has 0 radical (unpaired) electrons. The Morgan fingerprint density at radius 2 is 1.75 bits per heavy atom. The van der Waals surface area contributed by atoms with Gasteiger partial charge in [-0.2, -0.15) is 5.10 Å². The Labute approximate surface area is 117 Å². The molecule has 0 saturated carbocycles. The van der Waals surface area contributed by atoms with Crippen LogP contribution in [0, 0.1) is 20.8 Å². The highest BCUT2D eigenvalue weighted by molar-refractivity contribution is 5.65. The summed E-state index contributed by atoms with van der Waals surface area (Å²) in [5.74, 6) is 1.46. The molecule has 102 valence electrons. The molecule has 4 nitrogen and oxygen atoms in total. The van der Waals surface area contributed by atoms with Crippen LogP contribution in [-0.2, 0) is 0 Å². The van der Waals surface area contributed by atoms with Crippen LogP contribution in [-0.4, -0.2) is 9.78 Å². The van der Waals surface area contributed by atoms with Gasteiger partial charge in [0.2, 0.25) is 0 Å². The zero-order chi connectivity index (χ0) is 14.3. The molecule has 0 bridgehead atoms. The van der Waals surface area contributed by atoms with Crippen molar-refractivity contribution < 1.29 is 4.42 Å². The SMILES string of the molecule is Cc1cc(C)cc(-n2nc(-c3ccoc3C)cc2N)c1. The summed E-state index contributed by atoms with van der Waals surface area (Å²) in [4.78, 5) is 0. The Balaban J connectivity index is 2.12. The van der Waals surface area contributed by atoms with Crippen molar-refractivity contribution in [2.24, 2.45) is 0 Å². The summed E-state index contributed by atoms with van der Waals surface area (Å²) < 4.78 is 7.09. The average Bonchev–Trinajstić information content (AvgIpc) is 2.94. The van der Waals surface area contributed by atoms with E-state index in [-0.39, 0.29) is 0 Å². The van der Waals surface area contributed by atoms with Crippen LogP contribution in [0.3, 0.4) is 0 Å². The lowest BCUT2D eigenvalue weighted by atomic mass is 10.1. The van der Waals surface area contributed by atoms with Crippen molar-refractivity contribution in [3.8, 4) is 16.9 Å². The molecule has 0 unspecified atom stereocenters. The Morgan fingerprint density at radius 3 is 2.35 bits per heavy atom. The maximum atomic E-state index is 6.10. The van der Waals surface area contributed by atoms with Crippen LogP contribution in [0.2, 0.25) is 0 Å². The van der Waals surface area contributed by atoms with Crippen LogP contribution >= 0.6 is 0 Å². The van der Waals surface area contributed by atoms with Crippen LogP contribution in [0.5, 0.6) is 0 Å². The highest BCUT2D eigenvalue weighted by Crippen LogP contribution is 2.26. The fourth-order valence-corrected chi connectivity index (χ4v) is 2.46. The first kappa shape index (κ1) is 12.5. The number of hydrogen-bond donors (Lipinski definition) is 1. The number of nitrogens with zero attached hydrogens (tertiary/aromatic N) is 2. The third-order valence-electron chi connectivity index (χ3n) is 3.32. The normalized spacial score (nSPS) is 10.9. The molecule has 0 amide bonds. The number of nitrogens with two attached hydrogens (primary N) is 1. The molecule has 2 aromatic heterocycles. The van der Waals surface area contributed by atoms with Gasteiger partial charge >= 0.3 is 0 Å². The summed E-state index contributed by atoms with van der Waals surface area (Å²) in [7, 11) is 0. The number of nitrogen functional groups attached to an aromatic ring is 1. The standard InChI is InChI=1S/C16H17N3O/c1-10-6-11(2)8-13(7-10)19-16(17)9-15(18-19)14-4-5-20-12(14)3/h4-9H,17H2,1-3H3. The molecule has 1 aromatic carbocycles. The summed E-state index contributed by atoms with van der Waals surface area (Å²) in [6, 6.07) is 10.0. The fraction of sp³-hybridized carbons (Fsp3) is 0.188. The number of rotatable bonds is 2. The lowest BCUT2D eigenvalue weighted by Crippen LogP contribution is -2.02. The van der Waals surface area contributed by atoms with Gasteiger partial charge in [0.15, 0.2) is 0 Å². The minimum Gasteiger partial charge on any atom is -0.469 e. The maximum Gasteiger partial charge on any atom is 0.127 e. The Hall–Kier alpha value is -2.49. The van der Waals surface area contributed by atoms with Gasteiger partial charge in [-0.25, -0.2) is 4.68 Å². The number of hydrogen-bond acceptors (Lipinski definition) is 3. The van der Waals surface area contributed by atoms with Gasteiger partial charge in [0.05, 0.1) is 17.6 Å². The smallest absolute Gasteiger partial charge is 0.127 e. The summed E-state index contributed by atoms with van der Waals surface area (Å²) >= 11 is 0. The van der Waals surface area contributed by atoms with Crippen molar-refractivity contribution in [1.29, 1.82) is 0 Å². The second-order valence-corrected chi connectivity index (χ2v) is 5.10. The van der Waals surface area contributed by atoms with Crippen molar-refractivity contribution in [2.75, 3.05) is 5.73 Å². The third-order valence-corrected chi connectivity index (χ3v) is 3.32. The number of anilines is 1. The molecule has 0 aliphatic heterocycles. The van der Waals surface area contributed by atoms with Gasteiger partial charge in [0.1, 0.15) is 11.6 Å². The lowest BCUT2D eigenvalue weighted by Gasteiger charge is -2.06. The molecule has 0 saturated heterocycles. The Kier molecular flexibility index (Phi) is 2.86. The van der Waals surface area contributed by atoms with Gasteiger partial charge in [-0.05, 0) is 50.1 Å². The molecule has 20 heavy (non-hydrogen) atoms. The molecule has 0 atom stereocenters. The zero-order valence-corrected chi connectivity index (χ0v) is 11.8. The van der Waals surface area contributed by atoms with Crippen molar-refractivity contribution in [3.63, 3.8) is 0 Å². The molecule has 4 heteroatoms. The van der Waals surface area contributed by atoms with E-state index >= 15 is 0 Å². The number of aromatic nitrogens is 2. The molecule has 2 heterocycles. The van der Waals surface area contributed by atoms with E-state index in [0.717, 1.165) is 22.7 Å². The predicted molar refractivity (Wildman–Crippen MR) is 79.9 cm³/mol.